The highest BCUT2D eigenvalue weighted by molar-refractivity contribution is 5.91. The van der Waals surface area contributed by atoms with Crippen LogP contribution in [0.5, 0.6) is 11.5 Å². The number of aryl methyl sites for hydroxylation is 1. The molecule has 0 amide bonds. The summed E-state index contributed by atoms with van der Waals surface area (Å²) in [7, 11) is 0. The number of hydrogen-bond donors (Lipinski definition) is 2. The van der Waals surface area contributed by atoms with Crippen molar-refractivity contribution in [3.8, 4) is 11.5 Å². The average molecular weight is 386 g/mol. The highest BCUT2D eigenvalue weighted by atomic mass is 16.7. The van der Waals surface area contributed by atoms with Crippen LogP contribution in [0.25, 0.3) is 10.9 Å². The predicted molar refractivity (Wildman–Crippen MR) is 107 cm³/mol. The zero-order valence-corrected chi connectivity index (χ0v) is 15.7. The zero-order valence-electron chi connectivity index (χ0n) is 15.7. The summed E-state index contributed by atoms with van der Waals surface area (Å²) in [6, 6.07) is 15.7. The van der Waals surface area contributed by atoms with E-state index >= 15 is 0 Å². The van der Waals surface area contributed by atoms with Gasteiger partial charge in [-0.25, -0.2) is 4.79 Å². The average Bonchev–Trinajstić information content (AvgIpc) is 3.41. The smallest absolute Gasteiger partial charge is 0.337 e. The summed E-state index contributed by atoms with van der Waals surface area (Å²) in [6.07, 6.45) is 0.579. The molecule has 1 unspecified atom stereocenters. The first kappa shape index (κ1) is 16.3. The number of rotatable bonds is 2. The fourth-order valence-electron chi connectivity index (χ4n) is 4.77. The van der Waals surface area contributed by atoms with Crippen molar-refractivity contribution in [2.24, 2.45) is 0 Å². The molecule has 6 rings (SSSR count). The van der Waals surface area contributed by atoms with E-state index in [1.54, 1.807) is 6.07 Å². The number of fused-ring (bicyclic) bond motifs is 5. The van der Waals surface area contributed by atoms with E-state index in [2.05, 4.69) is 21.7 Å². The van der Waals surface area contributed by atoms with Crippen LogP contribution >= 0.6 is 0 Å². The molecule has 6 heteroatoms. The van der Waals surface area contributed by atoms with Crippen molar-refractivity contribution in [3.63, 3.8) is 0 Å². The van der Waals surface area contributed by atoms with Crippen LogP contribution in [0.1, 0.15) is 44.6 Å². The van der Waals surface area contributed by atoms with E-state index in [0.29, 0.717) is 12.0 Å². The Kier molecular flexibility index (Phi) is 3.19. The molecule has 2 aliphatic heterocycles. The van der Waals surface area contributed by atoms with Crippen LogP contribution < -0.4 is 9.47 Å². The van der Waals surface area contributed by atoms with E-state index in [9.17, 15) is 9.90 Å². The lowest BCUT2D eigenvalue weighted by Crippen LogP contribution is -2.23. The zero-order chi connectivity index (χ0) is 19.7. The topological polar surface area (TPSA) is 76.5 Å². The minimum absolute atomic E-state index is 0.163. The van der Waals surface area contributed by atoms with Gasteiger partial charge in [0.1, 0.15) is 0 Å². The number of aromatic nitrogens is 2. The lowest BCUT2D eigenvalue weighted by molar-refractivity contribution is 0.0695. The number of carbonyl (C=O) groups is 1. The molecule has 144 valence electrons. The number of aromatic amines is 1. The third-order valence-corrected chi connectivity index (χ3v) is 6.00. The summed E-state index contributed by atoms with van der Waals surface area (Å²) in [4.78, 5) is 15.5. The molecule has 6 nitrogen and oxygen atoms in total. The predicted octanol–water partition coefficient (Wildman–Crippen LogP) is 4.25. The maximum absolute atomic E-state index is 11.9. The minimum atomic E-state index is -0.894. The number of hydrogen-bond acceptors (Lipinski definition) is 3. The van der Waals surface area contributed by atoms with Crippen LogP contribution in [-0.4, -0.2) is 27.4 Å². The van der Waals surface area contributed by atoms with Crippen LogP contribution in [0.2, 0.25) is 0 Å². The molecule has 2 aromatic carbocycles. The minimum Gasteiger partial charge on any atom is -0.478 e. The van der Waals surface area contributed by atoms with E-state index in [1.165, 1.54) is 0 Å². The fraction of sp³-hybridized carbons (Fsp3) is 0.174. The van der Waals surface area contributed by atoms with Crippen LogP contribution in [0.15, 0.2) is 48.5 Å². The number of nitrogens with one attached hydrogen (secondary N) is 1. The summed E-state index contributed by atoms with van der Waals surface area (Å²) < 4.78 is 13.2. The number of aromatic carboxylic acids is 1. The van der Waals surface area contributed by atoms with Crippen molar-refractivity contribution in [1.82, 2.24) is 9.55 Å². The highest BCUT2D eigenvalue weighted by Crippen LogP contribution is 2.44. The van der Waals surface area contributed by atoms with Crippen molar-refractivity contribution < 1.29 is 19.4 Å². The molecule has 29 heavy (non-hydrogen) atoms. The van der Waals surface area contributed by atoms with Crippen molar-refractivity contribution in [2.45, 2.75) is 19.4 Å². The van der Waals surface area contributed by atoms with Crippen LogP contribution in [0, 0.1) is 6.92 Å². The van der Waals surface area contributed by atoms with Crippen molar-refractivity contribution in [1.29, 1.82) is 0 Å². The second-order valence-corrected chi connectivity index (χ2v) is 7.58. The molecule has 1 atom stereocenters. The second-order valence-electron chi connectivity index (χ2n) is 7.58. The summed E-state index contributed by atoms with van der Waals surface area (Å²) in [5.41, 5.74) is 6.44. The SMILES string of the molecule is Cc1cc(C(=O)O)c2n1C(c1ccc3c(c1)OCO3)c1[nH]c3ccccc3c1C2. The third-order valence-electron chi connectivity index (χ3n) is 6.00. The van der Waals surface area contributed by atoms with Gasteiger partial charge in [-0.15, -0.1) is 0 Å². The summed E-state index contributed by atoms with van der Waals surface area (Å²) in [5.74, 6) is 0.558. The van der Waals surface area contributed by atoms with Gasteiger partial charge in [-0.2, -0.15) is 0 Å². The third kappa shape index (κ3) is 2.20. The van der Waals surface area contributed by atoms with Gasteiger partial charge in [-0.05, 0) is 42.3 Å². The van der Waals surface area contributed by atoms with Crippen molar-refractivity contribution in [3.05, 3.63) is 82.3 Å². The molecule has 0 spiro atoms. The van der Waals surface area contributed by atoms with E-state index in [0.717, 1.165) is 50.6 Å². The molecule has 2 N–H and O–H groups in total. The van der Waals surface area contributed by atoms with E-state index < -0.39 is 5.97 Å². The molecular weight excluding hydrogens is 368 g/mol. The number of carboxylic acids is 1. The van der Waals surface area contributed by atoms with Gasteiger partial charge in [-0.1, -0.05) is 24.3 Å². The van der Waals surface area contributed by atoms with Gasteiger partial charge in [0, 0.05) is 34.4 Å². The van der Waals surface area contributed by atoms with Gasteiger partial charge in [0.15, 0.2) is 11.5 Å². The van der Waals surface area contributed by atoms with Gasteiger partial charge < -0.3 is 24.1 Å². The lowest BCUT2D eigenvalue weighted by Gasteiger charge is -2.29. The number of nitrogens with zero attached hydrogens (tertiary/aromatic N) is 1. The molecule has 2 aromatic heterocycles. The molecule has 0 saturated carbocycles. The molecule has 2 aliphatic rings. The maximum Gasteiger partial charge on any atom is 0.337 e. The molecule has 0 bridgehead atoms. The first-order valence-electron chi connectivity index (χ1n) is 9.55. The first-order chi connectivity index (χ1) is 14.1. The van der Waals surface area contributed by atoms with Crippen molar-refractivity contribution >= 4 is 16.9 Å². The summed E-state index contributed by atoms with van der Waals surface area (Å²) in [5, 5.41) is 10.9. The van der Waals surface area contributed by atoms with Crippen LogP contribution in [0.3, 0.4) is 0 Å². The molecular formula is C23H18N2O4. The van der Waals surface area contributed by atoms with Gasteiger partial charge in [-0.3, -0.25) is 0 Å². The molecule has 4 heterocycles. The van der Waals surface area contributed by atoms with Gasteiger partial charge in [0.25, 0.3) is 0 Å². The quantitative estimate of drug-likeness (QED) is 0.476. The number of carboxylic acid groups (broad SMARTS) is 1. The van der Waals surface area contributed by atoms with Crippen molar-refractivity contribution in [2.75, 3.05) is 6.79 Å². The molecule has 0 fully saturated rings. The largest absolute Gasteiger partial charge is 0.478 e. The maximum atomic E-state index is 11.9. The first-order valence-corrected chi connectivity index (χ1v) is 9.55. The Hall–Kier alpha value is -3.67. The van der Waals surface area contributed by atoms with E-state index in [1.807, 2.05) is 37.3 Å². The van der Waals surface area contributed by atoms with Crippen LogP contribution in [0.4, 0.5) is 0 Å². The Balaban J connectivity index is 1.66. The molecule has 0 radical (unpaired) electrons. The lowest BCUT2D eigenvalue weighted by atomic mass is 9.92. The number of para-hydroxylation sites is 1. The monoisotopic (exact) mass is 386 g/mol. The van der Waals surface area contributed by atoms with Crippen LogP contribution in [-0.2, 0) is 6.42 Å². The normalized spacial score (nSPS) is 16.7. The van der Waals surface area contributed by atoms with Gasteiger partial charge in [0.05, 0.1) is 11.6 Å². The number of benzene rings is 2. The van der Waals surface area contributed by atoms with Gasteiger partial charge in [0.2, 0.25) is 6.79 Å². The Morgan fingerprint density at radius 2 is 1.97 bits per heavy atom. The van der Waals surface area contributed by atoms with Gasteiger partial charge >= 0.3 is 5.97 Å². The Labute approximate surface area is 166 Å². The summed E-state index contributed by atoms with van der Waals surface area (Å²) in [6.45, 7) is 2.18. The number of ether oxygens (including phenoxy) is 2. The molecule has 0 saturated heterocycles. The second kappa shape index (κ2) is 5.67. The fourth-order valence-corrected chi connectivity index (χ4v) is 4.77. The number of H-pyrrole nitrogens is 1. The molecule has 4 aromatic rings. The Bertz CT molecular complexity index is 1310. The van der Waals surface area contributed by atoms with E-state index in [4.69, 9.17) is 9.47 Å². The standard InChI is InChI=1S/C23H18N2O4/c1-12-8-16(23(26)27)18-10-15-14-4-2-3-5-17(14)24-21(15)22(25(12)18)13-6-7-19-20(9-13)29-11-28-19/h2-9,22,24H,10-11H2,1H3,(H,26,27). The highest BCUT2D eigenvalue weighted by Gasteiger charge is 2.34. The Morgan fingerprint density at radius 1 is 1.14 bits per heavy atom. The summed E-state index contributed by atoms with van der Waals surface area (Å²) >= 11 is 0. The Morgan fingerprint density at radius 3 is 2.83 bits per heavy atom. The molecule has 0 aliphatic carbocycles. The van der Waals surface area contributed by atoms with E-state index in [-0.39, 0.29) is 12.8 Å².